The number of benzene rings is 1. The molecule has 1 aliphatic heterocycles. The van der Waals surface area contributed by atoms with Gasteiger partial charge in [-0.3, -0.25) is 9.88 Å². The molecule has 1 fully saturated rings. The van der Waals surface area contributed by atoms with Crippen molar-refractivity contribution in [2.75, 3.05) is 44.7 Å². The van der Waals surface area contributed by atoms with E-state index in [1.165, 1.54) is 11.3 Å². The maximum absolute atomic E-state index is 5.47. The highest BCUT2D eigenvalue weighted by molar-refractivity contribution is 5.58. The van der Waals surface area contributed by atoms with Gasteiger partial charge in [0.05, 0.1) is 12.8 Å². The highest BCUT2D eigenvalue weighted by Gasteiger charge is 2.19. The Morgan fingerprint density at radius 2 is 1.86 bits per heavy atom. The molecule has 2 heterocycles. The minimum absolute atomic E-state index is 0.964. The Labute approximate surface area is 132 Å². The zero-order valence-corrected chi connectivity index (χ0v) is 13.1. The third-order valence-corrected chi connectivity index (χ3v) is 4.24. The van der Waals surface area contributed by atoms with Gasteiger partial charge in [0.15, 0.2) is 0 Å². The third kappa shape index (κ3) is 3.57. The van der Waals surface area contributed by atoms with Crippen LogP contribution in [0.4, 0.5) is 5.69 Å². The molecule has 4 heteroatoms. The minimum atomic E-state index is 0.964. The van der Waals surface area contributed by atoms with Gasteiger partial charge in [-0.2, -0.15) is 0 Å². The van der Waals surface area contributed by atoms with Crippen LogP contribution in [-0.4, -0.2) is 49.7 Å². The molecular weight excluding hydrogens is 274 g/mol. The molecule has 0 amide bonds. The number of piperazine rings is 1. The molecule has 1 aromatic heterocycles. The summed E-state index contributed by atoms with van der Waals surface area (Å²) in [6, 6.07) is 12.4. The first-order chi connectivity index (χ1) is 10.9. The van der Waals surface area contributed by atoms with E-state index in [1.54, 1.807) is 7.11 Å². The number of ether oxygens (including phenoxy) is 1. The van der Waals surface area contributed by atoms with Gasteiger partial charge in [0.25, 0.3) is 0 Å². The smallest absolute Gasteiger partial charge is 0.142 e. The molecular formula is C18H23N3O. The fraction of sp³-hybridized carbons (Fsp3) is 0.389. The average molecular weight is 297 g/mol. The standard InChI is InChI=1S/C18H23N3O/c1-22-18-7-3-2-6-17(18)21-13-11-20(12-14-21)10-8-16-5-4-9-19-15-16/h2-7,9,15H,8,10-14H2,1H3. The van der Waals surface area contributed by atoms with Crippen molar-refractivity contribution in [3.05, 3.63) is 54.4 Å². The molecule has 1 aromatic carbocycles. The molecule has 22 heavy (non-hydrogen) atoms. The summed E-state index contributed by atoms with van der Waals surface area (Å²) in [5.41, 5.74) is 2.52. The first-order valence-electron chi connectivity index (χ1n) is 7.86. The highest BCUT2D eigenvalue weighted by Crippen LogP contribution is 2.28. The lowest BCUT2D eigenvalue weighted by Crippen LogP contribution is -2.47. The van der Waals surface area contributed by atoms with Gasteiger partial charge in [0, 0.05) is 45.1 Å². The molecule has 0 saturated carbocycles. The number of rotatable bonds is 5. The van der Waals surface area contributed by atoms with Crippen LogP contribution in [0, 0.1) is 0 Å². The summed E-state index contributed by atoms with van der Waals surface area (Å²) in [4.78, 5) is 9.12. The highest BCUT2D eigenvalue weighted by atomic mass is 16.5. The van der Waals surface area contributed by atoms with Gasteiger partial charge in [-0.15, -0.1) is 0 Å². The maximum atomic E-state index is 5.47. The summed E-state index contributed by atoms with van der Waals surface area (Å²) >= 11 is 0. The van der Waals surface area contributed by atoms with Gasteiger partial charge in [0.1, 0.15) is 5.75 Å². The quantitative estimate of drug-likeness (QED) is 0.847. The second kappa shape index (κ2) is 7.27. The maximum Gasteiger partial charge on any atom is 0.142 e. The molecule has 0 atom stereocenters. The molecule has 0 aliphatic carbocycles. The number of anilines is 1. The van der Waals surface area contributed by atoms with E-state index >= 15 is 0 Å². The Kier molecular flexibility index (Phi) is 4.91. The van der Waals surface area contributed by atoms with E-state index in [1.807, 2.05) is 30.6 Å². The van der Waals surface area contributed by atoms with Crippen LogP contribution < -0.4 is 9.64 Å². The van der Waals surface area contributed by atoms with Crippen molar-refractivity contribution in [3.8, 4) is 5.75 Å². The van der Waals surface area contributed by atoms with Gasteiger partial charge in [-0.25, -0.2) is 0 Å². The second-order valence-electron chi connectivity index (χ2n) is 5.61. The molecule has 0 spiro atoms. The summed E-state index contributed by atoms with van der Waals surface area (Å²) in [6.45, 7) is 5.39. The van der Waals surface area contributed by atoms with Crippen molar-refractivity contribution in [3.63, 3.8) is 0 Å². The summed E-state index contributed by atoms with van der Waals surface area (Å²) in [7, 11) is 1.74. The average Bonchev–Trinajstić information content (AvgIpc) is 2.61. The molecule has 4 nitrogen and oxygen atoms in total. The van der Waals surface area contributed by atoms with Crippen molar-refractivity contribution in [1.29, 1.82) is 0 Å². The number of hydrogen-bond acceptors (Lipinski definition) is 4. The van der Waals surface area contributed by atoms with E-state index in [9.17, 15) is 0 Å². The summed E-state index contributed by atoms with van der Waals surface area (Å²) in [5, 5.41) is 0. The van der Waals surface area contributed by atoms with E-state index in [-0.39, 0.29) is 0 Å². The zero-order chi connectivity index (χ0) is 15.2. The molecule has 0 bridgehead atoms. The van der Waals surface area contributed by atoms with Gasteiger partial charge >= 0.3 is 0 Å². The van der Waals surface area contributed by atoms with Crippen LogP contribution in [0.15, 0.2) is 48.8 Å². The predicted molar refractivity (Wildman–Crippen MR) is 89.6 cm³/mol. The van der Waals surface area contributed by atoms with Crippen molar-refractivity contribution >= 4 is 5.69 Å². The third-order valence-electron chi connectivity index (χ3n) is 4.24. The van der Waals surface area contributed by atoms with E-state index in [0.29, 0.717) is 0 Å². The van der Waals surface area contributed by atoms with Crippen molar-refractivity contribution in [1.82, 2.24) is 9.88 Å². The second-order valence-corrected chi connectivity index (χ2v) is 5.61. The summed E-state index contributed by atoms with van der Waals surface area (Å²) in [6.07, 6.45) is 4.86. The van der Waals surface area contributed by atoms with Crippen LogP contribution in [0.1, 0.15) is 5.56 Å². The Balaban J connectivity index is 1.52. The topological polar surface area (TPSA) is 28.6 Å². The van der Waals surface area contributed by atoms with E-state index < -0.39 is 0 Å². The van der Waals surface area contributed by atoms with Crippen molar-refractivity contribution in [2.45, 2.75) is 6.42 Å². The van der Waals surface area contributed by atoms with Gasteiger partial charge < -0.3 is 9.64 Å². The van der Waals surface area contributed by atoms with Crippen molar-refractivity contribution in [2.24, 2.45) is 0 Å². The summed E-state index contributed by atoms with van der Waals surface area (Å²) < 4.78 is 5.47. The van der Waals surface area contributed by atoms with Crippen LogP contribution in [-0.2, 0) is 6.42 Å². The fourth-order valence-electron chi connectivity index (χ4n) is 2.94. The lowest BCUT2D eigenvalue weighted by molar-refractivity contribution is 0.260. The monoisotopic (exact) mass is 297 g/mol. The zero-order valence-electron chi connectivity index (χ0n) is 13.1. The number of pyridine rings is 1. The first kappa shape index (κ1) is 14.9. The number of aromatic nitrogens is 1. The van der Waals surface area contributed by atoms with Crippen LogP contribution >= 0.6 is 0 Å². The number of hydrogen-bond donors (Lipinski definition) is 0. The first-order valence-corrected chi connectivity index (χ1v) is 7.86. The van der Waals surface area contributed by atoms with E-state index in [4.69, 9.17) is 4.74 Å². The molecule has 116 valence electrons. The van der Waals surface area contributed by atoms with Gasteiger partial charge in [0.2, 0.25) is 0 Å². The minimum Gasteiger partial charge on any atom is -0.495 e. The van der Waals surface area contributed by atoms with E-state index in [2.05, 4.69) is 33.0 Å². The fourth-order valence-corrected chi connectivity index (χ4v) is 2.94. The predicted octanol–water partition coefficient (Wildman–Crippen LogP) is 2.45. The van der Waals surface area contributed by atoms with Crippen molar-refractivity contribution < 1.29 is 4.74 Å². The summed E-state index contributed by atoms with van der Waals surface area (Å²) in [5.74, 6) is 0.964. The molecule has 0 radical (unpaired) electrons. The molecule has 2 aromatic rings. The number of para-hydroxylation sites is 2. The number of methoxy groups -OCH3 is 1. The lowest BCUT2D eigenvalue weighted by Gasteiger charge is -2.36. The molecule has 3 rings (SSSR count). The molecule has 1 aliphatic rings. The van der Waals surface area contributed by atoms with Crippen LogP contribution in [0.2, 0.25) is 0 Å². The van der Waals surface area contributed by atoms with Crippen LogP contribution in [0.3, 0.4) is 0 Å². The normalized spacial score (nSPS) is 15.8. The van der Waals surface area contributed by atoms with Gasteiger partial charge in [-0.05, 0) is 30.2 Å². The number of nitrogens with zero attached hydrogens (tertiary/aromatic N) is 3. The Hall–Kier alpha value is -2.07. The molecule has 0 unspecified atom stereocenters. The van der Waals surface area contributed by atoms with Crippen LogP contribution in [0.5, 0.6) is 5.75 Å². The largest absolute Gasteiger partial charge is 0.495 e. The Morgan fingerprint density at radius 3 is 2.59 bits per heavy atom. The molecule has 0 N–H and O–H groups in total. The van der Waals surface area contributed by atoms with Crippen LogP contribution in [0.25, 0.3) is 0 Å². The van der Waals surface area contributed by atoms with E-state index in [0.717, 1.165) is 44.9 Å². The molecule has 1 saturated heterocycles. The van der Waals surface area contributed by atoms with Gasteiger partial charge in [-0.1, -0.05) is 18.2 Å². The lowest BCUT2D eigenvalue weighted by atomic mass is 10.2. The SMILES string of the molecule is COc1ccccc1N1CCN(CCc2cccnc2)CC1. The Morgan fingerprint density at radius 1 is 1.05 bits per heavy atom. The Bertz CT molecular complexity index is 580.